The molecule has 7 nitrogen and oxygen atoms in total. The Labute approximate surface area is 147 Å². The molecule has 0 radical (unpaired) electrons. The van der Waals surface area contributed by atoms with E-state index in [9.17, 15) is 10.1 Å². The number of pyridine rings is 1. The third-order valence-electron chi connectivity index (χ3n) is 3.54. The number of aromatic nitrogens is 1. The average molecular weight is 361 g/mol. The number of ether oxygens (including phenoxy) is 3. The van der Waals surface area contributed by atoms with E-state index in [-0.39, 0.29) is 22.1 Å². The Hall–Kier alpha value is -3.06. The zero-order valence-electron chi connectivity index (χ0n) is 13.4. The van der Waals surface area contributed by atoms with Crippen LogP contribution in [0, 0.1) is 10.1 Å². The molecule has 3 aromatic rings. The second-order valence-electron chi connectivity index (χ2n) is 4.99. The predicted molar refractivity (Wildman–Crippen MR) is 93.0 cm³/mol. The lowest BCUT2D eigenvalue weighted by molar-refractivity contribution is -0.383. The lowest BCUT2D eigenvalue weighted by Gasteiger charge is -2.13. The minimum atomic E-state index is -0.536. The van der Waals surface area contributed by atoms with E-state index in [0.29, 0.717) is 22.6 Å². The van der Waals surface area contributed by atoms with E-state index in [0.717, 1.165) is 0 Å². The van der Waals surface area contributed by atoms with Crippen molar-refractivity contribution in [1.82, 2.24) is 4.98 Å². The van der Waals surface area contributed by atoms with Gasteiger partial charge >= 0.3 is 0 Å². The van der Waals surface area contributed by atoms with Crippen LogP contribution in [0.5, 0.6) is 23.0 Å². The number of hydrogen-bond acceptors (Lipinski definition) is 6. The number of fused-ring (bicyclic) bond motifs is 1. The molecule has 0 saturated heterocycles. The molecule has 0 atom stereocenters. The minimum Gasteiger partial charge on any atom is -0.497 e. The van der Waals surface area contributed by atoms with Gasteiger partial charge in [-0.2, -0.15) is 0 Å². The van der Waals surface area contributed by atoms with Gasteiger partial charge in [0, 0.05) is 0 Å². The molecule has 128 valence electrons. The van der Waals surface area contributed by atoms with Crippen LogP contribution in [0.2, 0.25) is 5.15 Å². The zero-order chi connectivity index (χ0) is 18.0. The number of nitrogens with zero attached hydrogens (tertiary/aromatic N) is 2. The number of rotatable bonds is 5. The van der Waals surface area contributed by atoms with Gasteiger partial charge in [0.05, 0.1) is 30.6 Å². The van der Waals surface area contributed by atoms with Gasteiger partial charge in [-0.25, -0.2) is 4.98 Å². The van der Waals surface area contributed by atoms with Gasteiger partial charge in [0.25, 0.3) is 5.69 Å². The lowest BCUT2D eigenvalue weighted by atomic mass is 10.1. The van der Waals surface area contributed by atoms with Crippen LogP contribution in [-0.4, -0.2) is 24.1 Å². The van der Waals surface area contributed by atoms with E-state index in [1.165, 1.54) is 19.2 Å². The van der Waals surface area contributed by atoms with Gasteiger partial charge in [-0.05, 0) is 36.4 Å². The minimum absolute atomic E-state index is 0.127. The highest BCUT2D eigenvalue weighted by Gasteiger charge is 2.23. The predicted octanol–water partition coefficient (Wildman–Crippen LogP) is 4.61. The molecule has 0 bridgehead atoms. The molecular formula is C17H13ClN2O5. The summed E-state index contributed by atoms with van der Waals surface area (Å²) in [5, 5.41) is 11.9. The first-order valence-electron chi connectivity index (χ1n) is 7.17. The first kappa shape index (κ1) is 16.8. The first-order chi connectivity index (χ1) is 12.0. The highest BCUT2D eigenvalue weighted by molar-refractivity contribution is 6.30. The van der Waals surface area contributed by atoms with Crippen molar-refractivity contribution in [2.24, 2.45) is 0 Å². The van der Waals surface area contributed by atoms with E-state index in [1.54, 1.807) is 37.4 Å². The summed E-state index contributed by atoms with van der Waals surface area (Å²) in [5.41, 5.74) is -0.0850. The number of non-ortho nitro benzene ring substituents is 1. The summed E-state index contributed by atoms with van der Waals surface area (Å²) in [6.45, 7) is 0. The van der Waals surface area contributed by atoms with E-state index < -0.39 is 4.92 Å². The van der Waals surface area contributed by atoms with Crippen LogP contribution in [0.1, 0.15) is 0 Å². The average Bonchev–Trinajstić information content (AvgIpc) is 2.62. The molecule has 0 saturated carbocycles. The van der Waals surface area contributed by atoms with Crippen LogP contribution in [0.4, 0.5) is 5.69 Å². The Balaban J connectivity index is 2.18. The molecule has 0 unspecified atom stereocenters. The topological polar surface area (TPSA) is 83.7 Å². The molecule has 0 aliphatic rings. The van der Waals surface area contributed by atoms with Gasteiger partial charge < -0.3 is 14.2 Å². The molecule has 8 heteroatoms. The smallest absolute Gasteiger partial charge is 0.299 e. The Morgan fingerprint density at radius 2 is 1.72 bits per heavy atom. The van der Waals surface area contributed by atoms with Crippen molar-refractivity contribution in [3.8, 4) is 23.0 Å². The third-order valence-corrected chi connectivity index (χ3v) is 3.75. The van der Waals surface area contributed by atoms with Crippen LogP contribution in [0.15, 0.2) is 42.5 Å². The zero-order valence-corrected chi connectivity index (χ0v) is 14.1. The fourth-order valence-corrected chi connectivity index (χ4v) is 2.51. The van der Waals surface area contributed by atoms with Crippen molar-refractivity contribution in [3.05, 3.63) is 57.7 Å². The standard InChI is InChI=1S/C17H13ClN2O5/c1-23-10-3-5-11(6-4-10)25-17-12-7-8-15(18)19-16(12)13(20(21)22)9-14(17)24-2/h3-9H,1-2H3. The van der Waals surface area contributed by atoms with E-state index in [1.807, 2.05) is 0 Å². The molecule has 1 aromatic heterocycles. The Morgan fingerprint density at radius 1 is 1.04 bits per heavy atom. The molecule has 0 fully saturated rings. The number of methoxy groups -OCH3 is 2. The number of nitro groups is 1. The van der Waals surface area contributed by atoms with Gasteiger partial charge in [0.15, 0.2) is 17.0 Å². The molecule has 0 spiro atoms. The molecule has 25 heavy (non-hydrogen) atoms. The summed E-state index contributed by atoms with van der Waals surface area (Å²) in [5.74, 6) is 1.74. The second-order valence-corrected chi connectivity index (χ2v) is 5.38. The molecule has 0 aliphatic carbocycles. The summed E-state index contributed by atoms with van der Waals surface area (Å²) in [4.78, 5) is 14.9. The quantitative estimate of drug-likeness (QED) is 0.375. The van der Waals surface area contributed by atoms with Crippen LogP contribution >= 0.6 is 11.6 Å². The summed E-state index contributed by atoms with van der Waals surface area (Å²) in [6, 6.07) is 11.3. The number of halogens is 1. The molecule has 0 aliphatic heterocycles. The van der Waals surface area contributed by atoms with Crippen LogP contribution in [-0.2, 0) is 0 Å². The van der Waals surface area contributed by atoms with Gasteiger partial charge in [-0.3, -0.25) is 10.1 Å². The maximum atomic E-state index is 11.3. The van der Waals surface area contributed by atoms with Gasteiger partial charge in [0.2, 0.25) is 0 Å². The summed E-state index contributed by atoms with van der Waals surface area (Å²) in [6.07, 6.45) is 0. The lowest BCUT2D eigenvalue weighted by Crippen LogP contribution is -1.98. The van der Waals surface area contributed by atoms with Crippen LogP contribution < -0.4 is 14.2 Å². The molecule has 0 N–H and O–H groups in total. The summed E-state index contributed by atoms with van der Waals surface area (Å²) >= 11 is 5.90. The fourth-order valence-electron chi connectivity index (χ4n) is 2.36. The monoisotopic (exact) mass is 360 g/mol. The van der Waals surface area contributed by atoms with Gasteiger partial charge in [-0.1, -0.05) is 11.6 Å². The van der Waals surface area contributed by atoms with E-state index >= 15 is 0 Å². The third kappa shape index (κ3) is 3.27. The van der Waals surface area contributed by atoms with Gasteiger partial charge in [-0.15, -0.1) is 0 Å². The number of nitro benzene ring substituents is 1. The Bertz CT molecular complexity index is 944. The SMILES string of the molecule is COc1ccc(Oc2c(OC)cc([N+](=O)[O-])c3nc(Cl)ccc23)cc1. The highest BCUT2D eigenvalue weighted by atomic mass is 35.5. The molecule has 1 heterocycles. The second kappa shape index (κ2) is 6.82. The van der Waals surface area contributed by atoms with Crippen molar-refractivity contribution < 1.29 is 19.1 Å². The maximum absolute atomic E-state index is 11.3. The summed E-state index contributed by atoms with van der Waals surface area (Å²) in [7, 11) is 2.98. The number of hydrogen-bond donors (Lipinski definition) is 0. The van der Waals surface area contributed by atoms with Crippen molar-refractivity contribution in [3.63, 3.8) is 0 Å². The number of benzene rings is 2. The fraction of sp³-hybridized carbons (Fsp3) is 0.118. The maximum Gasteiger partial charge on any atom is 0.299 e. The van der Waals surface area contributed by atoms with Crippen molar-refractivity contribution in [2.45, 2.75) is 0 Å². The first-order valence-corrected chi connectivity index (χ1v) is 7.55. The highest BCUT2D eigenvalue weighted by Crippen LogP contribution is 2.43. The molecular weight excluding hydrogens is 348 g/mol. The van der Waals surface area contributed by atoms with Crippen molar-refractivity contribution >= 4 is 28.2 Å². The molecule has 3 rings (SSSR count). The molecule has 0 amide bonds. The van der Waals surface area contributed by atoms with Crippen LogP contribution in [0.25, 0.3) is 10.9 Å². The van der Waals surface area contributed by atoms with E-state index in [4.69, 9.17) is 25.8 Å². The largest absolute Gasteiger partial charge is 0.497 e. The summed E-state index contributed by atoms with van der Waals surface area (Å²) < 4.78 is 16.3. The Morgan fingerprint density at radius 3 is 2.32 bits per heavy atom. The van der Waals surface area contributed by atoms with E-state index in [2.05, 4.69) is 4.98 Å². The molecule has 2 aromatic carbocycles. The van der Waals surface area contributed by atoms with Crippen molar-refractivity contribution in [2.75, 3.05) is 14.2 Å². The van der Waals surface area contributed by atoms with Crippen molar-refractivity contribution in [1.29, 1.82) is 0 Å². The normalized spacial score (nSPS) is 10.5. The van der Waals surface area contributed by atoms with Crippen LogP contribution in [0.3, 0.4) is 0 Å². The van der Waals surface area contributed by atoms with Gasteiger partial charge in [0.1, 0.15) is 16.7 Å². The Kier molecular flexibility index (Phi) is 4.58.